The van der Waals surface area contributed by atoms with Crippen molar-refractivity contribution in [3.63, 3.8) is 0 Å². The van der Waals surface area contributed by atoms with E-state index in [4.69, 9.17) is 11.6 Å². The van der Waals surface area contributed by atoms with Crippen molar-refractivity contribution in [3.8, 4) is 5.75 Å². The lowest BCUT2D eigenvalue weighted by molar-refractivity contribution is -0.123. The molecule has 2 fully saturated rings. The number of phenols is 1. The fourth-order valence-electron chi connectivity index (χ4n) is 3.95. The van der Waals surface area contributed by atoms with Gasteiger partial charge >= 0.3 is 0 Å². The summed E-state index contributed by atoms with van der Waals surface area (Å²) in [4.78, 5) is 31.3. The van der Waals surface area contributed by atoms with Crippen molar-refractivity contribution in [3.05, 3.63) is 53.1 Å². The molecule has 2 heterocycles. The van der Waals surface area contributed by atoms with Gasteiger partial charge in [-0.2, -0.15) is 0 Å². The summed E-state index contributed by atoms with van der Waals surface area (Å²) in [5.41, 5.74) is 2.36. The molecule has 2 aliphatic heterocycles. The van der Waals surface area contributed by atoms with Gasteiger partial charge in [0.2, 0.25) is 5.91 Å². The van der Waals surface area contributed by atoms with Gasteiger partial charge in [-0.1, -0.05) is 17.7 Å². The maximum atomic E-state index is 13.0. The number of aromatic hydroxyl groups is 1. The highest BCUT2D eigenvalue weighted by Crippen LogP contribution is 2.32. The predicted octanol–water partition coefficient (Wildman–Crippen LogP) is 2.81. The van der Waals surface area contributed by atoms with Gasteiger partial charge in [0, 0.05) is 36.9 Å². The van der Waals surface area contributed by atoms with Crippen molar-refractivity contribution in [1.29, 1.82) is 0 Å². The van der Waals surface area contributed by atoms with Crippen LogP contribution in [0.1, 0.15) is 12.0 Å². The minimum absolute atomic E-state index is 0.173. The average molecular weight is 400 g/mol. The third-order valence-corrected chi connectivity index (χ3v) is 5.98. The molecule has 4 rings (SSSR count). The zero-order valence-electron chi connectivity index (χ0n) is 15.6. The Bertz CT molecular complexity index is 908. The number of carbonyl (C=O) groups excluding carboxylic acids is 2. The molecule has 0 spiro atoms. The van der Waals surface area contributed by atoms with Gasteiger partial charge < -0.3 is 10.0 Å². The van der Waals surface area contributed by atoms with E-state index < -0.39 is 6.04 Å². The Morgan fingerprint density at radius 2 is 1.68 bits per heavy atom. The fraction of sp³-hybridized carbons (Fsp3) is 0.333. The second-order valence-electron chi connectivity index (χ2n) is 7.21. The van der Waals surface area contributed by atoms with Crippen molar-refractivity contribution >= 4 is 34.8 Å². The van der Waals surface area contributed by atoms with E-state index >= 15 is 0 Å². The van der Waals surface area contributed by atoms with E-state index in [2.05, 4.69) is 9.80 Å². The third-order valence-electron chi connectivity index (χ3n) is 5.57. The average Bonchev–Trinajstić information content (AvgIpc) is 2.99. The molecule has 28 heavy (non-hydrogen) atoms. The minimum Gasteiger partial charge on any atom is -0.508 e. The summed E-state index contributed by atoms with van der Waals surface area (Å²) in [6, 6.07) is 12.0. The summed E-state index contributed by atoms with van der Waals surface area (Å²) in [7, 11) is 0. The van der Waals surface area contributed by atoms with Gasteiger partial charge in [0.1, 0.15) is 5.75 Å². The Balaban J connectivity index is 1.46. The molecule has 6 nitrogen and oxygen atoms in total. The highest BCUT2D eigenvalue weighted by Gasteiger charge is 2.43. The molecule has 0 saturated carbocycles. The highest BCUT2D eigenvalue weighted by molar-refractivity contribution is 6.32. The Morgan fingerprint density at radius 3 is 2.36 bits per heavy atom. The number of nitrogens with zero attached hydrogens (tertiary/aromatic N) is 3. The van der Waals surface area contributed by atoms with Crippen LogP contribution in [0.15, 0.2) is 42.5 Å². The van der Waals surface area contributed by atoms with Crippen molar-refractivity contribution in [2.45, 2.75) is 19.4 Å². The summed E-state index contributed by atoms with van der Waals surface area (Å²) in [6.45, 7) is 4.75. The Kier molecular flexibility index (Phi) is 5.00. The van der Waals surface area contributed by atoms with E-state index in [9.17, 15) is 14.7 Å². The number of halogens is 1. The second kappa shape index (κ2) is 7.45. The van der Waals surface area contributed by atoms with Crippen LogP contribution in [-0.2, 0) is 9.59 Å². The molecule has 7 heteroatoms. The number of rotatable bonds is 3. The molecule has 2 aromatic rings. The van der Waals surface area contributed by atoms with E-state index in [-0.39, 0.29) is 24.0 Å². The molecule has 0 aliphatic carbocycles. The largest absolute Gasteiger partial charge is 0.508 e. The molecule has 146 valence electrons. The quantitative estimate of drug-likeness (QED) is 0.804. The molecule has 0 bridgehead atoms. The lowest BCUT2D eigenvalue weighted by atomic mass is 10.1. The second-order valence-corrected chi connectivity index (χ2v) is 7.62. The fourth-order valence-corrected chi connectivity index (χ4v) is 4.12. The van der Waals surface area contributed by atoms with Crippen molar-refractivity contribution in [1.82, 2.24) is 4.90 Å². The van der Waals surface area contributed by atoms with Crippen LogP contribution in [0, 0.1) is 6.92 Å². The van der Waals surface area contributed by atoms with Gasteiger partial charge in [-0.3, -0.25) is 14.5 Å². The van der Waals surface area contributed by atoms with Crippen LogP contribution in [0.3, 0.4) is 0 Å². The lowest BCUT2D eigenvalue weighted by Gasteiger charge is -2.38. The van der Waals surface area contributed by atoms with Crippen molar-refractivity contribution in [2.75, 3.05) is 36.0 Å². The number of piperazine rings is 1. The maximum Gasteiger partial charge on any atom is 0.251 e. The Hall–Kier alpha value is -2.57. The smallest absolute Gasteiger partial charge is 0.251 e. The molecular formula is C21H22ClN3O3. The highest BCUT2D eigenvalue weighted by atomic mass is 35.5. The zero-order valence-corrected chi connectivity index (χ0v) is 16.4. The number of phenolic OH excluding ortho intramolecular Hbond substituents is 1. The molecule has 0 radical (unpaired) electrons. The molecule has 2 aliphatic rings. The van der Waals surface area contributed by atoms with Gasteiger partial charge in [-0.05, 0) is 48.9 Å². The third kappa shape index (κ3) is 3.34. The standard InChI is InChI=1S/C21H22ClN3O3/c1-14-17(22)3-2-4-18(14)25-20(27)13-19(21(25)28)24-11-9-23(10-12-24)15-5-7-16(26)8-6-15/h2-8,19,26H,9-13H2,1H3/t19-/m0/s1. The van der Waals surface area contributed by atoms with Crippen LogP contribution in [0.2, 0.25) is 5.02 Å². The van der Waals surface area contributed by atoms with Crippen LogP contribution >= 0.6 is 11.6 Å². The van der Waals surface area contributed by atoms with Gasteiger partial charge in [0.05, 0.1) is 18.2 Å². The summed E-state index contributed by atoms with van der Waals surface area (Å²) in [5.74, 6) is -0.108. The number of hydrogen-bond acceptors (Lipinski definition) is 5. The predicted molar refractivity (Wildman–Crippen MR) is 109 cm³/mol. The van der Waals surface area contributed by atoms with Gasteiger partial charge in [0.15, 0.2) is 0 Å². The SMILES string of the molecule is Cc1c(Cl)cccc1N1C(=O)C[C@H](N2CCN(c3ccc(O)cc3)CC2)C1=O. The van der Waals surface area contributed by atoms with Crippen LogP contribution < -0.4 is 9.80 Å². The molecule has 2 saturated heterocycles. The van der Waals surface area contributed by atoms with Crippen molar-refractivity contribution < 1.29 is 14.7 Å². The first-order chi connectivity index (χ1) is 13.5. The molecule has 1 N–H and O–H groups in total. The van der Waals surface area contributed by atoms with E-state index in [1.165, 1.54) is 4.90 Å². The molecule has 1 atom stereocenters. The number of anilines is 2. The number of benzene rings is 2. The monoisotopic (exact) mass is 399 g/mol. The van der Waals surface area contributed by atoms with Crippen LogP contribution in [0.25, 0.3) is 0 Å². The molecule has 0 unspecified atom stereocenters. The maximum absolute atomic E-state index is 13.0. The first-order valence-electron chi connectivity index (χ1n) is 9.35. The number of carbonyl (C=O) groups is 2. The molecule has 2 amide bonds. The van der Waals surface area contributed by atoms with E-state index in [1.807, 2.05) is 19.1 Å². The first-order valence-corrected chi connectivity index (χ1v) is 9.73. The normalized spacial score (nSPS) is 20.9. The van der Waals surface area contributed by atoms with Gasteiger partial charge in [0.25, 0.3) is 5.91 Å². The van der Waals surface area contributed by atoms with Crippen LogP contribution in [0.5, 0.6) is 5.75 Å². The van der Waals surface area contributed by atoms with Crippen LogP contribution in [0.4, 0.5) is 11.4 Å². The first kappa shape index (κ1) is 18.8. The van der Waals surface area contributed by atoms with Crippen LogP contribution in [-0.4, -0.2) is 54.0 Å². The molecule has 2 aromatic carbocycles. The van der Waals surface area contributed by atoms with E-state index in [1.54, 1.807) is 30.3 Å². The summed E-state index contributed by atoms with van der Waals surface area (Å²) < 4.78 is 0. The minimum atomic E-state index is -0.423. The van der Waals surface area contributed by atoms with E-state index in [0.717, 1.165) is 24.3 Å². The number of imide groups is 1. The molecular weight excluding hydrogens is 378 g/mol. The van der Waals surface area contributed by atoms with Gasteiger partial charge in [-0.15, -0.1) is 0 Å². The summed E-state index contributed by atoms with van der Waals surface area (Å²) in [5, 5.41) is 9.99. The Labute approximate surface area is 168 Å². The van der Waals surface area contributed by atoms with Gasteiger partial charge in [-0.25, -0.2) is 4.90 Å². The zero-order chi connectivity index (χ0) is 19.8. The van der Waals surface area contributed by atoms with Crippen molar-refractivity contribution in [2.24, 2.45) is 0 Å². The lowest BCUT2D eigenvalue weighted by Crippen LogP contribution is -2.52. The topological polar surface area (TPSA) is 64.1 Å². The number of amides is 2. The Morgan fingerprint density at radius 1 is 1.00 bits per heavy atom. The summed E-state index contributed by atoms with van der Waals surface area (Å²) in [6.07, 6.45) is 0.198. The number of hydrogen-bond donors (Lipinski definition) is 1. The molecule has 0 aromatic heterocycles. The van der Waals surface area contributed by atoms with E-state index in [0.29, 0.717) is 23.8 Å². The summed E-state index contributed by atoms with van der Waals surface area (Å²) >= 11 is 6.18.